The molecule has 1 aromatic carbocycles. The van der Waals surface area contributed by atoms with Crippen LogP contribution in [0.15, 0.2) is 18.2 Å². The summed E-state index contributed by atoms with van der Waals surface area (Å²) in [6.07, 6.45) is 1.50. The molecule has 92 valence electrons. The van der Waals surface area contributed by atoms with E-state index in [-0.39, 0.29) is 12.5 Å². The highest BCUT2D eigenvalue weighted by Gasteiger charge is 2.35. The fourth-order valence-electron chi connectivity index (χ4n) is 2.32. The van der Waals surface area contributed by atoms with E-state index in [1.165, 1.54) is 0 Å². The Morgan fingerprint density at radius 2 is 2.18 bits per heavy atom. The molecule has 0 radical (unpaired) electrons. The highest BCUT2D eigenvalue weighted by atomic mass is 16.3. The Balaban J connectivity index is 2.27. The van der Waals surface area contributed by atoms with E-state index in [9.17, 15) is 4.79 Å². The van der Waals surface area contributed by atoms with Crippen LogP contribution in [0.4, 0.5) is 5.69 Å². The van der Waals surface area contributed by atoms with E-state index in [0.29, 0.717) is 13.0 Å². The maximum atomic E-state index is 12.0. The van der Waals surface area contributed by atoms with Gasteiger partial charge in [0.05, 0.1) is 5.69 Å². The number of nitrogens with two attached hydrogens (primary N) is 1. The second-order valence-corrected chi connectivity index (χ2v) is 4.41. The number of carbonyl (C=O) groups excluding carboxylic acids is 1. The van der Waals surface area contributed by atoms with Gasteiger partial charge in [0.25, 0.3) is 0 Å². The van der Waals surface area contributed by atoms with E-state index >= 15 is 0 Å². The fourth-order valence-corrected chi connectivity index (χ4v) is 2.32. The number of aliphatic hydroxyl groups excluding tert-OH is 1. The number of amides is 1. The molecule has 0 aromatic heterocycles. The van der Waals surface area contributed by atoms with Crippen molar-refractivity contribution in [2.45, 2.75) is 25.8 Å². The van der Waals surface area contributed by atoms with Gasteiger partial charge in [-0.1, -0.05) is 18.2 Å². The third kappa shape index (κ3) is 2.06. The van der Waals surface area contributed by atoms with Gasteiger partial charge in [0.2, 0.25) is 5.91 Å². The van der Waals surface area contributed by atoms with E-state index < -0.39 is 6.04 Å². The smallest absolute Gasteiger partial charge is 0.248 e. The Bertz CT molecular complexity index is 431. The average Bonchev–Trinajstić information content (AvgIpc) is 2.56. The van der Waals surface area contributed by atoms with Crippen molar-refractivity contribution in [3.63, 3.8) is 0 Å². The number of fused-ring (bicyclic) bond motifs is 1. The Hall–Kier alpha value is -1.39. The number of unbranched alkanes of at least 4 members (excludes halogenated alkanes) is 1. The fraction of sp³-hybridized carbons (Fsp3) is 0.462. The Kier molecular flexibility index (Phi) is 3.45. The number of anilines is 1. The summed E-state index contributed by atoms with van der Waals surface area (Å²) in [6.45, 7) is 2.78. The van der Waals surface area contributed by atoms with Gasteiger partial charge < -0.3 is 15.7 Å². The molecule has 1 aliphatic rings. The zero-order valence-electron chi connectivity index (χ0n) is 10.0. The van der Waals surface area contributed by atoms with Gasteiger partial charge in [-0.3, -0.25) is 4.79 Å². The predicted octanol–water partition coefficient (Wildman–Crippen LogP) is 1.11. The molecule has 0 saturated carbocycles. The molecular weight excluding hydrogens is 216 g/mol. The zero-order valence-corrected chi connectivity index (χ0v) is 10.0. The van der Waals surface area contributed by atoms with Crippen LogP contribution in [-0.4, -0.2) is 24.2 Å². The van der Waals surface area contributed by atoms with Crippen LogP contribution in [0.25, 0.3) is 0 Å². The molecule has 1 aromatic rings. The highest BCUT2D eigenvalue weighted by Crippen LogP contribution is 2.37. The maximum Gasteiger partial charge on any atom is 0.248 e. The standard InChI is InChI=1S/C13H18N2O2/c1-9-5-4-6-10-11(14)13(17)15(12(9)10)7-2-3-8-16/h4-6,11,16H,2-3,7-8,14H2,1H3. The van der Waals surface area contributed by atoms with Crippen molar-refractivity contribution in [2.75, 3.05) is 18.1 Å². The monoisotopic (exact) mass is 234 g/mol. The van der Waals surface area contributed by atoms with Crippen LogP contribution in [-0.2, 0) is 4.79 Å². The SMILES string of the molecule is Cc1cccc2c1N(CCCCO)C(=O)C2N. The van der Waals surface area contributed by atoms with E-state index in [1.807, 2.05) is 25.1 Å². The number of rotatable bonds is 4. The minimum absolute atomic E-state index is 0.0350. The summed E-state index contributed by atoms with van der Waals surface area (Å²) >= 11 is 0. The lowest BCUT2D eigenvalue weighted by Gasteiger charge is -2.19. The van der Waals surface area contributed by atoms with Crippen LogP contribution in [0.1, 0.15) is 30.0 Å². The Labute approximate surface area is 101 Å². The van der Waals surface area contributed by atoms with E-state index in [1.54, 1.807) is 4.90 Å². The van der Waals surface area contributed by atoms with Gasteiger partial charge in [0, 0.05) is 18.7 Å². The van der Waals surface area contributed by atoms with Crippen LogP contribution >= 0.6 is 0 Å². The predicted molar refractivity (Wildman–Crippen MR) is 66.8 cm³/mol. The van der Waals surface area contributed by atoms with Crippen molar-refractivity contribution in [2.24, 2.45) is 5.73 Å². The molecule has 1 atom stereocenters. The summed E-state index contributed by atoms with van der Waals surface area (Å²) in [7, 11) is 0. The molecule has 1 heterocycles. The largest absolute Gasteiger partial charge is 0.396 e. The molecule has 1 unspecified atom stereocenters. The average molecular weight is 234 g/mol. The number of nitrogens with zero attached hydrogens (tertiary/aromatic N) is 1. The molecule has 0 fully saturated rings. The van der Waals surface area contributed by atoms with Gasteiger partial charge in [-0.25, -0.2) is 0 Å². The molecule has 0 aliphatic carbocycles. The first-order valence-corrected chi connectivity index (χ1v) is 5.94. The molecule has 1 aliphatic heterocycles. The maximum absolute atomic E-state index is 12.0. The lowest BCUT2D eigenvalue weighted by atomic mass is 10.1. The molecule has 0 spiro atoms. The Morgan fingerprint density at radius 3 is 2.88 bits per heavy atom. The van der Waals surface area contributed by atoms with Crippen molar-refractivity contribution in [1.29, 1.82) is 0 Å². The first kappa shape index (κ1) is 12.1. The minimum Gasteiger partial charge on any atom is -0.396 e. The summed E-state index contributed by atoms with van der Waals surface area (Å²) in [5, 5.41) is 8.78. The molecule has 4 nitrogen and oxygen atoms in total. The molecular formula is C13H18N2O2. The number of hydrogen-bond acceptors (Lipinski definition) is 3. The molecule has 4 heteroatoms. The van der Waals surface area contributed by atoms with Crippen molar-refractivity contribution >= 4 is 11.6 Å². The topological polar surface area (TPSA) is 66.6 Å². The first-order valence-electron chi connectivity index (χ1n) is 5.94. The molecule has 1 amide bonds. The summed E-state index contributed by atoms with van der Waals surface area (Å²) in [5.74, 6) is -0.0350. The zero-order chi connectivity index (χ0) is 12.4. The van der Waals surface area contributed by atoms with Gasteiger partial charge in [0.1, 0.15) is 6.04 Å². The van der Waals surface area contributed by atoms with E-state index in [2.05, 4.69) is 0 Å². The van der Waals surface area contributed by atoms with Crippen LogP contribution < -0.4 is 10.6 Å². The van der Waals surface area contributed by atoms with E-state index in [4.69, 9.17) is 10.8 Å². The number of aliphatic hydroxyl groups is 1. The van der Waals surface area contributed by atoms with Gasteiger partial charge in [-0.15, -0.1) is 0 Å². The van der Waals surface area contributed by atoms with Gasteiger partial charge in [-0.2, -0.15) is 0 Å². The molecule has 0 saturated heterocycles. The number of aryl methyl sites for hydroxylation is 1. The van der Waals surface area contributed by atoms with Crippen LogP contribution in [0.3, 0.4) is 0 Å². The number of hydrogen-bond donors (Lipinski definition) is 2. The third-order valence-corrected chi connectivity index (χ3v) is 3.20. The summed E-state index contributed by atoms with van der Waals surface area (Å²) in [6, 6.07) is 5.30. The molecule has 2 rings (SSSR count). The van der Waals surface area contributed by atoms with Crippen molar-refractivity contribution in [3.05, 3.63) is 29.3 Å². The van der Waals surface area contributed by atoms with E-state index in [0.717, 1.165) is 23.2 Å². The molecule has 17 heavy (non-hydrogen) atoms. The molecule has 3 N–H and O–H groups in total. The summed E-state index contributed by atoms with van der Waals surface area (Å²) in [5.41, 5.74) is 8.87. The second kappa shape index (κ2) is 4.85. The van der Waals surface area contributed by atoms with Crippen LogP contribution in [0.2, 0.25) is 0 Å². The van der Waals surface area contributed by atoms with Gasteiger partial charge >= 0.3 is 0 Å². The summed E-state index contributed by atoms with van der Waals surface area (Å²) in [4.78, 5) is 13.8. The first-order chi connectivity index (χ1) is 8.16. The number of para-hydroxylation sites is 1. The number of benzene rings is 1. The quantitative estimate of drug-likeness (QED) is 0.767. The normalized spacial score (nSPS) is 18.6. The van der Waals surface area contributed by atoms with Crippen molar-refractivity contribution < 1.29 is 9.90 Å². The minimum atomic E-state index is -0.529. The number of carbonyl (C=O) groups is 1. The van der Waals surface area contributed by atoms with Crippen LogP contribution in [0.5, 0.6) is 0 Å². The van der Waals surface area contributed by atoms with Crippen LogP contribution in [0, 0.1) is 6.92 Å². The lowest BCUT2D eigenvalue weighted by molar-refractivity contribution is -0.119. The lowest BCUT2D eigenvalue weighted by Crippen LogP contribution is -2.32. The van der Waals surface area contributed by atoms with Crippen molar-refractivity contribution in [1.82, 2.24) is 0 Å². The van der Waals surface area contributed by atoms with Gasteiger partial charge in [-0.05, 0) is 25.3 Å². The highest BCUT2D eigenvalue weighted by molar-refractivity contribution is 6.05. The third-order valence-electron chi connectivity index (χ3n) is 3.20. The van der Waals surface area contributed by atoms with Gasteiger partial charge in [0.15, 0.2) is 0 Å². The summed E-state index contributed by atoms with van der Waals surface area (Å²) < 4.78 is 0. The second-order valence-electron chi connectivity index (χ2n) is 4.41. The Morgan fingerprint density at radius 1 is 1.41 bits per heavy atom. The molecule has 0 bridgehead atoms. The van der Waals surface area contributed by atoms with Crippen molar-refractivity contribution in [3.8, 4) is 0 Å².